The van der Waals surface area contributed by atoms with Crippen molar-refractivity contribution in [1.82, 2.24) is 0 Å². The largest absolute Gasteiger partial charge is 0.507 e. The van der Waals surface area contributed by atoms with Gasteiger partial charge in [-0.2, -0.15) is 0 Å². The Kier molecular flexibility index (Phi) is 6.61. The Balaban J connectivity index is 2.21. The second-order valence-corrected chi connectivity index (χ2v) is 9.26. The molecular weight excluding hydrogens is 378 g/mol. The number of phenolic OH excluding ortho intramolecular Hbond substituents is 2. The molecule has 0 fully saturated rings. The number of amides is 1. The lowest BCUT2D eigenvalue weighted by Crippen LogP contribution is -2.39. The minimum Gasteiger partial charge on any atom is -0.507 e. The number of aliphatic hydroxyl groups excluding tert-OH is 1. The van der Waals surface area contributed by atoms with Gasteiger partial charge < -0.3 is 20.2 Å². The molecule has 1 aromatic carbocycles. The summed E-state index contributed by atoms with van der Waals surface area (Å²) in [6.45, 7) is 12.4. The average molecular weight is 414 g/mol. The third kappa shape index (κ3) is 4.00. The van der Waals surface area contributed by atoms with Crippen LogP contribution in [-0.4, -0.2) is 34.4 Å². The maximum Gasteiger partial charge on any atom is 0.229 e. The number of phenols is 2. The summed E-state index contributed by atoms with van der Waals surface area (Å²) in [4.78, 5) is 14.5. The third-order valence-electron chi connectivity index (χ3n) is 6.69. The number of allylic oxidation sites excluding steroid dienone is 3. The molecule has 3 rings (SSSR count). The minimum absolute atomic E-state index is 0.00864. The van der Waals surface area contributed by atoms with E-state index in [1.165, 1.54) is 5.57 Å². The first-order valence-corrected chi connectivity index (χ1v) is 11.0. The van der Waals surface area contributed by atoms with Crippen molar-refractivity contribution in [3.8, 4) is 11.5 Å². The van der Waals surface area contributed by atoms with Crippen molar-refractivity contribution < 1.29 is 20.1 Å². The molecule has 5 heteroatoms. The van der Waals surface area contributed by atoms with E-state index in [0.29, 0.717) is 36.2 Å². The van der Waals surface area contributed by atoms with Crippen LogP contribution in [0.1, 0.15) is 76.3 Å². The second-order valence-electron chi connectivity index (χ2n) is 9.26. The number of nitrogens with zero attached hydrogens (tertiary/aromatic N) is 1. The van der Waals surface area contributed by atoms with Crippen LogP contribution in [0.25, 0.3) is 0 Å². The van der Waals surface area contributed by atoms with Crippen LogP contribution in [0.3, 0.4) is 0 Å². The number of carbonyl (C=O) groups excluding carboxylic acids is 1. The molecule has 5 nitrogen and oxygen atoms in total. The molecule has 0 saturated heterocycles. The molecule has 0 saturated carbocycles. The van der Waals surface area contributed by atoms with Gasteiger partial charge in [-0.3, -0.25) is 4.79 Å². The van der Waals surface area contributed by atoms with E-state index in [-0.39, 0.29) is 47.7 Å². The van der Waals surface area contributed by atoms with Crippen molar-refractivity contribution in [1.29, 1.82) is 0 Å². The first kappa shape index (κ1) is 22.4. The van der Waals surface area contributed by atoms with Gasteiger partial charge in [0.1, 0.15) is 11.5 Å². The number of hydrogen-bond acceptors (Lipinski definition) is 4. The number of hydrogen-bond donors (Lipinski definition) is 3. The van der Waals surface area contributed by atoms with Crippen molar-refractivity contribution in [3.05, 3.63) is 41.0 Å². The van der Waals surface area contributed by atoms with Crippen LogP contribution in [0.4, 0.5) is 5.69 Å². The fourth-order valence-corrected chi connectivity index (χ4v) is 5.07. The topological polar surface area (TPSA) is 81.0 Å². The van der Waals surface area contributed by atoms with Gasteiger partial charge in [0.2, 0.25) is 5.91 Å². The van der Waals surface area contributed by atoms with Crippen LogP contribution in [-0.2, 0) is 4.79 Å². The Hall–Kier alpha value is -2.27. The molecule has 164 valence electrons. The van der Waals surface area contributed by atoms with Crippen LogP contribution in [0, 0.1) is 11.8 Å². The molecule has 1 aliphatic heterocycles. The maximum atomic E-state index is 12.8. The van der Waals surface area contributed by atoms with Crippen molar-refractivity contribution in [2.45, 2.75) is 65.2 Å². The highest BCUT2D eigenvalue weighted by atomic mass is 16.3. The summed E-state index contributed by atoms with van der Waals surface area (Å²) in [7, 11) is 0. The Morgan fingerprint density at radius 3 is 2.57 bits per heavy atom. The Bertz CT molecular complexity index is 870. The lowest BCUT2D eigenvalue weighted by Gasteiger charge is -2.38. The van der Waals surface area contributed by atoms with Crippen LogP contribution < -0.4 is 4.90 Å². The van der Waals surface area contributed by atoms with Crippen LogP contribution in [0.2, 0.25) is 0 Å². The first-order chi connectivity index (χ1) is 14.2. The first-order valence-electron chi connectivity index (χ1n) is 11.0. The monoisotopic (exact) mass is 413 g/mol. The van der Waals surface area contributed by atoms with Gasteiger partial charge in [0.05, 0.1) is 5.69 Å². The molecule has 30 heavy (non-hydrogen) atoms. The maximum absolute atomic E-state index is 12.8. The number of fused-ring (bicyclic) bond motifs is 1. The third-order valence-corrected chi connectivity index (χ3v) is 6.69. The summed E-state index contributed by atoms with van der Waals surface area (Å²) in [5.41, 5.74) is 4.03. The molecule has 1 heterocycles. The summed E-state index contributed by atoms with van der Waals surface area (Å²) in [6.07, 6.45) is 5.22. The molecule has 3 atom stereocenters. The molecular formula is C25H35NO4. The van der Waals surface area contributed by atoms with Crippen molar-refractivity contribution in [3.63, 3.8) is 0 Å². The van der Waals surface area contributed by atoms with Crippen LogP contribution >= 0.6 is 0 Å². The summed E-state index contributed by atoms with van der Waals surface area (Å²) in [5.74, 6) is -0.222. The summed E-state index contributed by atoms with van der Waals surface area (Å²) in [6, 6.07) is 1.64. The highest BCUT2D eigenvalue weighted by molar-refractivity contribution is 5.97. The molecule has 0 aromatic heterocycles. The number of aromatic hydroxyl groups is 2. The summed E-state index contributed by atoms with van der Waals surface area (Å²) in [5, 5.41) is 32.1. The smallest absolute Gasteiger partial charge is 0.229 e. The highest BCUT2D eigenvalue weighted by Crippen LogP contribution is 2.53. The minimum atomic E-state index is -0.187. The average Bonchev–Trinajstić information content (AvgIpc) is 2.67. The van der Waals surface area contributed by atoms with Crippen molar-refractivity contribution >= 4 is 11.6 Å². The summed E-state index contributed by atoms with van der Waals surface area (Å²) < 4.78 is 0. The van der Waals surface area contributed by atoms with Gasteiger partial charge in [-0.25, -0.2) is 0 Å². The van der Waals surface area contributed by atoms with E-state index in [1.54, 1.807) is 11.0 Å². The number of anilines is 1. The van der Waals surface area contributed by atoms with Gasteiger partial charge in [0, 0.05) is 42.2 Å². The lowest BCUT2D eigenvalue weighted by molar-refractivity contribution is -0.121. The van der Waals surface area contributed by atoms with Gasteiger partial charge in [-0.05, 0) is 51.4 Å². The van der Waals surface area contributed by atoms with E-state index in [0.717, 1.165) is 18.4 Å². The Labute approximate surface area is 179 Å². The molecule has 0 unspecified atom stereocenters. The van der Waals surface area contributed by atoms with Crippen molar-refractivity contribution in [2.75, 3.05) is 18.1 Å². The SMILES string of the molecule is C=C(C)[C@@H]1CCC(C)=C[C@H]1c1c(O)cc2c(c1O)[C@H](CCO)CCN2C(=O)C(C)C. The number of benzene rings is 1. The predicted octanol–water partition coefficient (Wildman–Crippen LogP) is 4.97. The Morgan fingerprint density at radius 2 is 1.97 bits per heavy atom. The molecule has 1 amide bonds. The molecule has 1 aliphatic carbocycles. The van der Waals surface area contributed by atoms with E-state index in [9.17, 15) is 20.1 Å². The van der Waals surface area contributed by atoms with Gasteiger partial charge in [0.15, 0.2) is 0 Å². The lowest BCUT2D eigenvalue weighted by atomic mass is 9.72. The van der Waals surface area contributed by atoms with Gasteiger partial charge in [0.25, 0.3) is 0 Å². The molecule has 1 aromatic rings. The fourth-order valence-electron chi connectivity index (χ4n) is 5.07. The zero-order valence-corrected chi connectivity index (χ0v) is 18.6. The standard InChI is InChI=1S/C25H35NO4/c1-14(2)18-7-6-16(5)12-19(18)23-21(28)13-20-22(24(23)29)17(9-11-27)8-10-26(20)25(30)15(3)4/h12-13,15,17-19,27-29H,1,6-11H2,2-5H3/t17-,18-,19+/m0/s1. The van der Waals surface area contributed by atoms with Crippen LogP contribution in [0.5, 0.6) is 11.5 Å². The van der Waals surface area contributed by atoms with Crippen LogP contribution in [0.15, 0.2) is 29.9 Å². The zero-order chi connectivity index (χ0) is 22.2. The fraction of sp³-hybridized carbons (Fsp3) is 0.560. The highest BCUT2D eigenvalue weighted by Gasteiger charge is 2.37. The van der Waals surface area contributed by atoms with E-state index in [4.69, 9.17) is 0 Å². The van der Waals surface area contributed by atoms with E-state index >= 15 is 0 Å². The second kappa shape index (κ2) is 8.84. The van der Waals surface area contributed by atoms with Crippen molar-refractivity contribution in [2.24, 2.45) is 11.8 Å². The normalized spacial score (nSPS) is 23.9. The van der Waals surface area contributed by atoms with E-state index in [2.05, 4.69) is 19.6 Å². The molecule has 0 radical (unpaired) electrons. The van der Waals surface area contributed by atoms with E-state index < -0.39 is 0 Å². The quantitative estimate of drug-likeness (QED) is 0.595. The number of aliphatic hydroxyl groups is 1. The predicted molar refractivity (Wildman–Crippen MR) is 120 cm³/mol. The number of carbonyl (C=O) groups is 1. The Morgan fingerprint density at radius 1 is 1.27 bits per heavy atom. The molecule has 3 N–H and O–H groups in total. The van der Waals surface area contributed by atoms with Gasteiger partial charge >= 0.3 is 0 Å². The van der Waals surface area contributed by atoms with Gasteiger partial charge in [-0.1, -0.05) is 37.6 Å². The molecule has 0 bridgehead atoms. The zero-order valence-electron chi connectivity index (χ0n) is 18.6. The summed E-state index contributed by atoms with van der Waals surface area (Å²) >= 11 is 0. The number of rotatable bonds is 5. The van der Waals surface area contributed by atoms with E-state index in [1.807, 2.05) is 20.8 Å². The van der Waals surface area contributed by atoms with Gasteiger partial charge in [-0.15, -0.1) is 0 Å². The molecule has 0 spiro atoms. The molecule has 2 aliphatic rings.